The second-order valence-electron chi connectivity index (χ2n) is 9.83. The third-order valence-corrected chi connectivity index (χ3v) is 9.03. The molecule has 8 nitrogen and oxygen atoms in total. The number of carbonyl (C=O) groups is 1. The number of hydrogen-bond donors (Lipinski definition) is 4. The lowest BCUT2D eigenvalue weighted by atomic mass is 9.67. The van der Waals surface area contributed by atoms with Crippen LogP contribution in [-0.2, 0) is 4.79 Å². The average Bonchev–Trinajstić information content (AvgIpc) is 2.82. The summed E-state index contributed by atoms with van der Waals surface area (Å²) in [5.74, 6) is 0.896. The smallest absolute Gasteiger partial charge is 0.254 e. The highest BCUT2D eigenvalue weighted by Crippen LogP contribution is 2.45. The predicted octanol–water partition coefficient (Wildman–Crippen LogP) is 0.652. The molecule has 2 aliphatic heterocycles. The Hall–Kier alpha value is -0.660. The van der Waals surface area contributed by atoms with Crippen molar-refractivity contribution in [2.45, 2.75) is 73.6 Å². The van der Waals surface area contributed by atoms with Crippen molar-refractivity contribution in [2.75, 3.05) is 32.9 Å². The van der Waals surface area contributed by atoms with Crippen molar-refractivity contribution in [3.05, 3.63) is 0 Å². The number of aliphatic hydroxyl groups is 2. The summed E-state index contributed by atoms with van der Waals surface area (Å²) >= 11 is 13.2. The Kier molecular flexibility index (Phi) is 8.20. The van der Waals surface area contributed by atoms with Gasteiger partial charge in [-0.05, 0) is 50.4 Å². The zero-order valence-electron chi connectivity index (χ0n) is 18.4. The second-order valence-corrected chi connectivity index (χ2v) is 11.0. The molecule has 0 aromatic rings. The first kappa shape index (κ1) is 24.5. The third kappa shape index (κ3) is 5.05. The maximum Gasteiger partial charge on any atom is 0.254 e. The molecule has 4 aliphatic rings. The Balaban J connectivity index is 1.44. The van der Waals surface area contributed by atoms with Gasteiger partial charge >= 0.3 is 0 Å². The summed E-state index contributed by atoms with van der Waals surface area (Å²) in [6, 6.07) is 1.91. The number of fused-ring (bicyclic) bond motifs is 1. The van der Waals surface area contributed by atoms with E-state index in [4.69, 9.17) is 28.3 Å². The third-order valence-electron chi connectivity index (χ3n) is 8.09. The van der Waals surface area contributed by atoms with Gasteiger partial charge in [0.15, 0.2) is 6.10 Å². The van der Waals surface area contributed by atoms with Crippen molar-refractivity contribution in [1.82, 2.24) is 20.4 Å². The number of nitrogens with zero attached hydrogens (tertiary/aromatic N) is 3. The van der Waals surface area contributed by atoms with Crippen molar-refractivity contribution in [1.29, 1.82) is 5.26 Å². The van der Waals surface area contributed by atoms with E-state index in [0.717, 1.165) is 38.5 Å². The fourth-order valence-electron chi connectivity index (χ4n) is 6.34. The number of halogens is 2. The summed E-state index contributed by atoms with van der Waals surface area (Å²) < 4.78 is 0. The lowest BCUT2D eigenvalue weighted by Crippen LogP contribution is -2.69. The molecular formula is C22H35Cl2N5O3. The zero-order valence-corrected chi connectivity index (χ0v) is 19.9. The quantitative estimate of drug-likeness (QED) is 0.430. The van der Waals surface area contributed by atoms with E-state index in [1.165, 1.54) is 4.90 Å². The molecule has 180 valence electrons. The van der Waals surface area contributed by atoms with E-state index in [9.17, 15) is 15.2 Å². The largest absolute Gasteiger partial charge is 0.393 e. The monoisotopic (exact) mass is 487 g/mol. The summed E-state index contributed by atoms with van der Waals surface area (Å²) in [4.78, 5) is 16.1. The minimum absolute atomic E-state index is 0.119. The number of carbonyl (C=O) groups excluding carboxylic acids is 1. The molecule has 4 rings (SSSR count). The fourth-order valence-corrected chi connectivity index (χ4v) is 7.10. The molecule has 0 aromatic carbocycles. The molecular weight excluding hydrogens is 453 g/mol. The number of piperazine rings is 1. The van der Waals surface area contributed by atoms with Crippen LogP contribution in [-0.4, -0.2) is 93.9 Å². The van der Waals surface area contributed by atoms with Crippen LogP contribution in [0.2, 0.25) is 0 Å². The molecule has 2 saturated heterocycles. The lowest BCUT2D eigenvalue weighted by molar-refractivity contribution is -0.147. The standard InChI is InChI=1S/C22H35Cl2N5O3/c23-14-3-1-13(2-4-14)16-7-17-19(8-18(16)24)26-12-27-21(17)28-5-6-29(15(9-25)10-28)22(32)20(31)11-30/h13-21,26-27,30-31H,1-8,10-12H2. The van der Waals surface area contributed by atoms with Crippen LogP contribution in [0.4, 0.5) is 0 Å². The molecule has 7 atom stereocenters. The number of rotatable bonds is 4. The number of amides is 1. The van der Waals surface area contributed by atoms with Crippen molar-refractivity contribution in [2.24, 2.45) is 17.8 Å². The molecule has 10 heteroatoms. The van der Waals surface area contributed by atoms with Gasteiger partial charge in [0.2, 0.25) is 0 Å². The van der Waals surface area contributed by atoms with E-state index in [2.05, 4.69) is 21.6 Å². The van der Waals surface area contributed by atoms with Crippen LogP contribution in [0.25, 0.3) is 0 Å². The van der Waals surface area contributed by atoms with Crippen LogP contribution in [0.3, 0.4) is 0 Å². The molecule has 4 N–H and O–H groups in total. The molecule has 2 aliphatic carbocycles. The first-order chi connectivity index (χ1) is 15.4. The Morgan fingerprint density at radius 2 is 1.88 bits per heavy atom. The molecule has 32 heavy (non-hydrogen) atoms. The number of aliphatic hydroxyl groups excluding tert-OH is 2. The molecule has 1 amide bonds. The molecule has 0 bridgehead atoms. The maximum atomic E-state index is 12.4. The van der Waals surface area contributed by atoms with Gasteiger partial charge in [0.25, 0.3) is 5.91 Å². The summed E-state index contributed by atoms with van der Waals surface area (Å²) in [6.07, 6.45) is 5.07. The van der Waals surface area contributed by atoms with E-state index >= 15 is 0 Å². The van der Waals surface area contributed by atoms with Crippen LogP contribution in [0.1, 0.15) is 38.5 Å². The van der Waals surface area contributed by atoms with Crippen LogP contribution in [0.15, 0.2) is 0 Å². The Labute approximate surface area is 200 Å². The molecule has 0 spiro atoms. The van der Waals surface area contributed by atoms with E-state index in [0.29, 0.717) is 55.5 Å². The number of nitrogens with one attached hydrogen (secondary N) is 2. The van der Waals surface area contributed by atoms with Gasteiger partial charge in [0.05, 0.1) is 18.8 Å². The predicted molar refractivity (Wildman–Crippen MR) is 122 cm³/mol. The summed E-state index contributed by atoms with van der Waals surface area (Å²) in [5, 5.41) is 36.2. The molecule has 2 heterocycles. The topological polar surface area (TPSA) is 112 Å². The van der Waals surface area contributed by atoms with Crippen molar-refractivity contribution in [3.8, 4) is 6.07 Å². The molecule has 2 saturated carbocycles. The van der Waals surface area contributed by atoms with Crippen LogP contribution >= 0.6 is 23.2 Å². The summed E-state index contributed by atoms with van der Waals surface area (Å²) in [6.45, 7) is 1.46. The number of nitriles is 1. The molecule has 4 fully saturated rings. The number of alkyl halides is 2. The van der Waals surface area contributed by atoms with Gasteiger partial charge in [0.1, 0.15) is 6.04 Å². The van der Waals surface area contributed by atoms with Gasteiger partial charge in [-0.25, -0.2) is 0 Å². The average molecular weight is 488 g/mol. The molecule has 0 radical (unpaired) electrons. The molecule has 7 unspecified atom stereocenters. The summed E-state index contributed by atoms with van der Waals surface area (Å²) in [7, 11) is 0. The van der Waals surface area contributed by atoms with E-state index in [1.54, 1.807) is 0 Å². The maximum absolute atomic E-state index is 12.4. The highest BCUT2D eigenvalue weighted by atomic mass is 35.5. The van der Waals surface area contributed by atoms with E-state index in [-0.39, 0.29) is 11.5 Å². The van der Waals surface area contributed by atoms with Crippen molar-refractivity contribution < 1.29 is 15.0 Å². The lowest BCUT2D eigenvalue weighted by Gasteiger charge is -2.53. The highest BCUT2D eigenvalue weighted by Gasteiger charge is 2.47. The Morgan fingerprint density at radius 3 is 2.56 bits per heavy atom. The summed E-state index contributed by atoms with van der Waals surface area (Å²) in [5.41, 5.74) is 0. The van der Waals surface area contributed by atoms with Crippen molar-refractivity contribution >= 4 is 29.1 Å². The minimum atomic E-state index is -1.47. The Morgan fingerprint density at radius 1 is 1.12 bits per heavy atom. The molecule has 0 aromatic heterocycles. The van der Waals surface area contributed by atoms with Crippen LogP contribution < -0.4 is 10.6 Å². The van der Waals surface area contributed by atoms with Crippen LogP contribution in [0, 0.1) is 29.1 Å². The van der Waals surface area contributed by atoms with Gasteiger partial charge < -0.3 is 20.4 Å². The van der Waals surface area contributed by atoms with E-state index < -0.39 is 24.7 Å². The van der Waals surface area contributed by atoms with Gasteiger partial charge in [-0.3, -0.25) is 15.0 Å². The Bertz CT molecular complexity index is 702. The normalized spacial score (nSPS) is 42.0. The highest BCUT2D eigenvalue weighted by molar-refractivity contribution is 6.21. The van der Waals surface area contributed by atoms with Gasteiger partial charge in [-0.15, -0.1) is 23.2 Å². The first-order valence-corrected chi connectivity index (χ1v) is 12.8. The fraction of sp³-hybridized carbons (Fsp3) is 0.909. The van der Waals surface area contributed by atoms with Gasteiger partial charge in [-0.2, -0.15) is 5.26 Å². The van der Waals surface area contributed by atoms with E-state index in [1.807, 2.05) is 0 Å². The minimum Gasteiger partial charge on any atom is -0.393 e. The SMILES string of the molecule is N#CC1CN(C2NCNC3CC(Cl)C(C4CCC(Cl)CC4)CC32)CCN1C(=O)C(O)CO. The second kappa shape index (κ2) is 10.7. The van der Waals surface area contributed by atoms with Gasteiger partial charge in [0, 0.05) is 49.0 Å². The van der Waals surface area contributed by atoms with Crippen LogP contribution in [0.5, 0.6) is 0 Å². The number of hydrogen-bond acceptors (Lipinski definition) is 7. The first-order valence-electron chi connectivity index (χ1n) is 11.9. The van der Waals surface area contributed by atoms with Gasteiger partial charge in [-0.1, -0.05) is 0 Å². The van der Waals surface area contributed by atoms with Crippen molar-refractivity contribution in [3.63, 3.8) is 0 Å². The zero-order chi connectivity index (χ0) is 22.8.